The van der Waals surface area contributed by atoms with Gasteiger partial charge in [-0.2, -0.15) is 13.2 Å². The quantitative estimate of drug-likeness (QED) is 0.404. The molecule has 0 aromatic heterocycles. The van der Waals surface area contributed by atoms with Gasteiger partial charge >= 0.3 is 12.1 Å². The fraction of sp³-hybridized carbons (Fsp3) is 0.533. The van der Waals surface area contributed by atoms with Gasteiger partial charge in [-0.15, -0.1) is 0 Å². The normalized spacial score (nSPS) is 11.5. The van der Waals surface area contributed by atoms with Crippen molar-refractivity contribution in [3.05, 3.63) is 35.1 Å². The van der Waals surface area contributed by atoms with E-state index in [1.54, 1.807) is 0 Å². The number of ether oxygens (including phenoxy) is 1. The predicted octanol–water partition coefficient (Wildman–Crippen LogP) is 4.97. The summed E-state index contributed by atoms with van der Waals surface area (Å²) in [5, 5.41) is 0. The van der Waals surface area contributed by atoms with Crippen LogP contribution < -0.4 is 0 Å². The smallest absolute Gasteiger partial charge is 0.419 e. The fourth-order valence-electron chi connectivity index (χ4n) is 1.86. The van der Waals surface area contributed by atoms with E-state index in [-0.39, 0.29) is 6.61 Å². The van der Waals surface area contributed by atoms with E-state index in [0.29, 0.717) is 12.5 Å². The van der Waals surface area contributed by atoms with E-state index in [4.69, 9.17) is 4.74 Å². The van der Waals surface area contributed by atoms with Gasteiger partial charge in [-0.25, -0.2) is 9.18 Å². The number of halogens is 4. The molecule has 0 bridgehead atoms. The van der Waals surface area contributed by atoms with Gasteiger partial charge in [0.25, 0.3) is 0 Å². The second kappa shape index (κ2) is 8.00. The van der Waals surface area contributed by atoms with Crippen molar-refractivity contribution in [1.82, 2.24) is 0 Å². The SMILES string of the molecule is CCCCCCCOC(=O)c1cccc(C(F)(F)F)c1F. The highest BCUT2D eigenvalue weighted by Crippen LogP contribution is 2.32. The first-order valence-corrected chi connectivity index (χ1v) is 6.90. The first kappa shape index (κ1) is 17.5. The summed E-state index contributed by atoms with van der Waals surface area (Å²) in [6.45, 7) is 2.15. The van der Waals surface area contributed by atoms with Gasteiger partial charge in [-0.05, 0) is 18.6 Å². The number of rotatable bonds is 7. The van der Waals surface area contributed by atoms with Crippen LogP contribution in [0.3, 0.4) is 0 Å². The molecule has 2 nitrogen and oxygen atoms in total. The highest BCUT2D eigenvalue weighted by Gasteiger charge is 2.35. The lowest BCUT2D eigenvalue weighted by Crippen LogP contribution is -2.14. The van der Waals surface area contributed by atoms with Crippen LogP contribution in [0.5, 0.6) is 0 Å². The zero-order chi connectivity index (χ0) is 15.9. The van der Waals surface area contributed by atoms with E-state index >= 15 is 0 Å². The summed E-state index contributed by atoms with van der Waals surface area (Å²) in [7, 11) is 0. The third-order valence-electron chi connectivity index (χ3n) is 3.01. The Kier molecular flexibility index (Phi) is 6.65. The van der Waals surface area contributed by atoms with Gasteiger partial charge in [0.15, 0.2) is 0 Å². The molecular weight excluding hydrogens is 288 g/mol. The lowest BCUT2D eigenvalue weighted by molar-refractivity contribution is -0.140. The molecular formula is C15H18F4O2. The van der Waals surface area contributed by atoms with E-state index in [1.165, 1.54) is 0 Å². The van der Waals surface area contributed by atoms with Crippen LogP contribution >= 0.6 is 0 Å². The molecule has 0 aliphatic rings. The molecule has 0 aliphatic heterocycles. The highest BCUT2D eigenvalue weighted by molar-refractivity contribution is 5.90. The summed E-state index contributed by atoms with van der Waals surface area (Å²) >= 11 is 0. The molecule has 1 aromatic rings. The molecule has 0 atom stereocenters. The monoisotopic (exact) mass is 306 g/mol. The van der Waals surface area contributed by atoms with Crippen LogP contribution in [0.1, 0.15) is 54.9 Å². The van der Waals surface area contributed by atoms with Crippen LogP contribution in [0, 0.1) is 5.82 Å². The van der Waals surface area contributed by atoms with E-state index in [9.17, 15) is 22.4 Å². The Morgan fingerprint density at radius 2 is 1.81 bits per heavy atom. The van der Waals surface area contributed by atoms with Crippen molar-refractivity contribution >= 4 is 5.97 Å². The number of hydrogen-bond acceptors (Lipinski definition) is 2. The molecule has 6 heteroatoms. The number of alkyl halides is 3. The van der Waals surface area contributed by atoms with Crippen molar-refractivity contribution in [2.75, 3.05) is 6.61 Å². The molecule has 1 aromatic carbocycles. The average Bonchev–Trinajstić information content (AvgIpc) is 2.41. The molecule has 1 rings (SSSR count). The minimum atomic E-state index is -4.83. The Hall–Kier alpha value is -1.59. The largest absolute Gasteiger partial charge is 0.462 e. The molecule has 118 valence electrons. The van der Waals surface area contributed by atoms with Crippen LogP contribution in [-0.2, 0) is 10.9 Å². The molecule has 0 unspecified atom stereocenters. The second-order valence-corrected chi connectivity index (χ2v) is 4.72. The number of carbonyl (C=O) groups is 1. The van der Waals surface area contributed by atoms with Gasteiger partial charge in [0.1, 0.15) is 5.82 Å². The van der Waals surface area contributed by atoms with Gasteiger partial charge < -0.3 is 4.74 Å². The Bertz CT molecular complexity index is 469. The molecule has 0 N–H and O–H groups in total. The van der Waals surface area contributed by atoms with Crippen molar-refractivity contribution in [2.45, 2.75) is 45.2 Å². The van der Waals surface area contributed by atoms with E-state index < -0.39 is 29.1 Å². The first-order chi connectivity index (χ1) is 9.88. The van der Waals surface area contributed by atoms with Gasteiger partial charge in [-0.3, -0.25) is 0 Å². The van der Waals surface area contributed by atoms with Crippen LogP contribution in [0.4, 0.5) is 17.6 Å². The summed E-state index contributed by atoms with van der Waals surface area (Å²) in [5.41, 5.74) is -2.14. The maximum absolute atomic E-state index is 13.7. The van der Waals surface area contributed by atoms with Crippen LogP contribution in [0.15, 0.2) is 18.2 Å². The molecule has 21 heavy (non-hydrogen) atoms. The second-order valence-electron chi connectivity index (χ2n) is 4.72. The molecule has 0 aliphatic carbocycles. The van der Waals surface area contributed by atoms with Crippen molar-refractivity contribution in [1.29, 1.82) is 0 Å². The van der Waals surface area contributed by atoms with Gasteiger partial charge in [0, 0.05) is 0 Å². The maximum atomic E-state index is 13.7. The standard InChI is InChI=1S/C15H18F4O2/c1-2-3-4-5-6-10-21-14(20)11-8-7-9-12(13(11)16)15(17,18)19/h7-9H,2-6,10H2,1H3. The highest BCUT2D eigenvalue weighted by atomic mass is 19.4. The topological polar surface area (TPSA) is 26.3 Å². The lowest BCUT2D eigenvalue weighted by atomic mass is 10.1. The number of carbonyl (C=O) groups excluding carboxylic acids is 1. The first-order valence-electron chi connectivity index (χ1n) is 6.90. The minimum Gasteiger partial charge on any atom is -0.462 e. The zero-order valence-corrected chi connectivity index (χ0v) is 11.8. The summed E-state index contributed by atoms with van der Waals surface area (Å²) in [6, 6.07) is 2.57. The van der Waals surface area contributed by atoms with Crippen LogP contribution in [0.25, 0.3) is 0 Å². The molecule has 0 spiro atoms. The number of hydrogen-bond donors (Lipinski definition) is 0. The van der Waals surface area contributed by atoms with Crippen molar-refractivity contribution in [2.24, 2.45) is 0 Å². The molecule has 0 radical (unpaired) electrons. The van der Waals surface area contributed by atoms with Crippen molar-refractivity contribution in [3.8, 4) is 0 Å². The Morgan fingerprint density at radius 3 is 2.43 bits per heavy atom. The molecule has 0 heterocycles. The number of benzene rings is 1. The molecule has 0 fully saturated rings. The summed E-state index contributed by atoms with van der Waals surface area (Å²) in [4.78, 5) is 11.6. The fourth-order valence-corrected chi connectivity index (χ4v) is 1.86. The van der Waals surface area contributed by atoms with Crippen molar-refractivity contribution < 1.29 is 27.1 Å². The number of unbranched alkanes of at least 4 members (excludes halogenated alkanes) is 4. The lowest BCUT2D eigenvalue weighted by Gasteiger charge is -2.11. The molecule has 0 saturated heterocycles. The maximum Gasteiger partial charge on any atom is 0.419 e. The van der Waals surface area contributed by atoms with E-state index in [0.717, 1.165) is 37.8 Å². The Morgan fingerprint density at radius 1 is 1.14 bits per heavy atom. The predicted molar refractivity (Wildman–Crippen MR) is 70.4 cm³/mol. The molecule has 0 saturated carbocycles. The average molecular weight is 306 g/mol. The third-order valence-corrected chi connectivity index (χ3v) is 3.01. The van der Waals surface area contributed by atoms with Crippen LogP contribution in [-0.4, -0.2) is 12.6 Å². The van der Waals surface area contributed by atoms with Crippen molar-refractivity contribution in [3.63, 3.8) is 0 Å². The van der Waals surface area contributed by atoms with Crippen LogP contribution in [0.2, 0.25) is 0 Å². The van der Waals surface area contributed by atoms with Gasteiger partial charge in [0.05, 0.1) is 17.7 Å². The summed E-state index contributed by atoms with van der Waals surface area (Å²) in [6.07, 6.45) is -0.184. The minimum absolute atomic E-state index is 0.0816. The zero-order valence-electron chi connectivity index (χ0n) is 11.8. The van der Waals surface area contributed by atoms with Gasteiger partial charge in [-0.1, -0.05) is 38.7 Å². The summed E-state index contributed by atoms with van der Waals surface area (Å²) in [5.74, 6) is -2.64. The molecule has 0 amide bonds. The Balaban J connectivity index is 2.59. The van der Waals surface area contributed by atoms with E-state index in [1.807, 2.05) is 0 Å². The van der Waals surface area contributed by atoms with E-state index in [2.05, 4.69) is 6.92 Å². The third kappa shape index (κ3) is 5.36. The number of esters is 1. The summed E-state index contributed by atoms with van der Waals surface area (Å²) < 4.78 is 56.1. The van der Waals surface area contributed by atoms with Gasteiger partial charge in [0.2, 0.25) is 0 Å². The Labute approximate surface area is 121 Å².